The number of carboxylic acid groups (broad SMARTS) is 1. The molecule has 1 aromatic carbocycles. The van der Waals surface area contributed by atoms with Gasteiger partial charge in [-0.15, -0.1) is 11.3 Å². The summed E-state index contributed by atoms with van der Waals surface area (Å²) in [5.41, 5.74) is 2.74. The van der Waals surface area contributed by atoms with Crippen LogP contribution in [-0.4, -0.2) is 23.0 Å². The van der Waals surface area contributed by atoms with Crippen molar-refractivity contribution >= 4 is 23.2 Å². The summed E-state index contributed by atoms with van der Waals surface area (Å²) < 4.78 is 0. The molecule has 1 saturated carbocycles. The molecule has 3 unspecified atom stereocenters. The fourth-order valence-corrected chi connectivity index (χ4v) is 4.09. The van der Waals surface area contributed by atoms with Gasteiger partial charge >= 0.3 is 5.97 Å². The first-order valence-corrected chi connectivity index (χ1v) is 7.68. The number of hydrogen-bond donors (Lipinski definition) is 2. The Morgan fingerprint density at radius 3 is 2.67 bits per heavy atom. The zero-order valence-corrected chi connectivity index (χ0v) is 11.9. The van der Waals surface area contributed by atoms with Crippen molar-refractivity contribution in [1.29, 1.82) is 0 Å². The molecule has 4 rings (SSSR count). The fourth-order valence-electron chi connectivity index (χ4n) is 3.35. The van der Waals surface area contributed by atoms with Gasteiger partial charge in [0.05, 0.1) is 4.88 Å². The molecule has 2 N–H and O–H groups in total. The number of carbonyl (C=O) groups excluding carboxylic acids is 1. The van der Waals surface area contributed by atoms with Gasteiger partial charge in [0.25, 0.3) is 5.91 Å². The van der Waals surface area contributed by atoms with E-state index < -0.39 is 5.97 Å². The van der Waals surface area contributed by atoms with Crippen molar-refractivity contribution in [3.05, 3.63) is 57.3 Å². The van der Waals surface area contributed by atoms with Crippen molar-refractivity contribution in [2.24, 2.45) is 5.92 Å². The van der Waals surface area contributed by atoms with Gasteiger partial charge in [0.1, 0.15) is 4.88 Å². The maximum atomic E-state index is 12.2. The highest BCUT2D eigenvalue weighted by molar-refractivity contribution is 7.15. The first-order valence-electron chi connectivity index (χ1n) is 6.87. The zero-order chi connectivity index (χ0) is 14.6. The molecular weight excluding hydrogens is 286 g/mol. The smallest absolute Gasteiger partial charge is 0.345 e. The van der Waals surface area contributed by atoms with Crippen LogP contribution < -0.4 is 5.32 Å². The molecule has 0 spiro atoms. The van der Waals surface area contributed by atoms with E-state index in [0.717, 1.165) is 17.8 Å². The van der Waals surface area contributed by atoms with Gasteiger partial charge in [-0.25, -0.2) is 4.79 Å². The number of thiophene rings is 1. The maximum Gasteiger partial charge on any atom is 0.345 e. The predicted molar refractivity (Wildman–Crippen MR) is 78.9 cm³/mol. The van der Waals surface area contributed by atoms with Crippen LogP contribution in [0.3, 0.4) is 0 Å². The summed E-state index contributed by atoms with van der Waals surface area (Å²) in [5.74, 6) is -0.213. The molecule has 1 aromatic heterocycles. The molecule has 4 nitrogen and oxygen atoms in total. The number of hydrogen-bond acceptors (Lipinski definition) is 3. The Labute approximate surface area is 125 Å². The average Bonchev–Trinajstić information content (AvgIpc) is 2.89. The summed E-state index contributed by atoms with van der Waals surface area (Å²) in [7, 11) is 0. The van der Waals surface area contributed by atoms with Crippen molar-refractivity contribution in [2.75, 3.05) is 0 Å². The summed E-state index contributed by atoms with van der Waals surface area (Å²) in [6.07, 6.45) is 1.02. The SMILES string of the molecule is O=C(O)c1ccc(C(=O)NC2C3Cc4ccccc4C32)s1. The van der Waals surface area contributed by atoms with E-state index >= 15 is 0 Å². The molecule has 3 atom stereocenters. The standard InChI is InChI=1S/C16H13NO3S/c18-15(11-5-6-12(21-11)16(19)20)17-14-10-7-8-3-1-2-4-9(8)13(10)14/h1-6,10,13-14H,7H2,(H,17,18)(H,19,20). The second kappa shape index (κ2) is 4.43. The van der Waals surface area contributed by atoms with E-state index in [1.54, 1.807) is 6.07 Å². The lowest BCUT2D eigenvalue weighted by Gasteiger charge is -2.08. The molecule has 0 radical (unpaired) electrons. The molecule has 21 heavy (non-hydrogen) atoms. The normalized spacial score (nSPS) is 25.0. The Morgan fingerprint density at radius 1 is 1.14 bits per heavy atom. The largest absolute Gasteiger partial charge is 0.477 e. The Balaban J connectivity index is 1.47. The van der Waals surface area contributed by atoms with Crippen LogP contribution >= 0.6 is 11.3 Å². The molecular formula is C16H13NO3S. The highest BCUT2D eigenvalue weighted by atomic mass is 32.1. The quantitative estimate of drug-likeness (QED) is 0.915. The Kier molecular flexibility index (Phi) is 2.65. The monoisotopic (exact) mass is 299 g/mol. The lowest BCUT2D eigenvalue weighted by molar-refractivity contribution is 0.0702. The Bertz CT molecular complexity index is 751. The van der Waals surface area contributed by atoms with E-state index in [2.05, 4.69) is 23.5 Å². The molecule has 1 heterocycles. The number of aromatic carboxylic acids is 1. The van der Waals surface area contributed by atoms with Gasteiger partial charge < -0.3 is 10.4 Å². The minimum absolute atomic E-state index is 0.163. The predicted octanol–water partition coefficient (Wildman–Crippen LogP) is 2.51. The lowest BCUT2D eigenvalue weighted by atomic mass is 10.1. The third kappa shape index (κ3) is 1.96. The summed E-state index contributed by atoms with van der Waals surface area (Å²) >= 11 is 1.02. The van der Waals surface area contributed by atoms with Crippen molar-refractivity contribution in [2.45, 2.75) is 18.4 Å². The van der Waals surface area contributed by atoms with Crippen molar-refractivity contribution in [3.63, 3.8) is 0 Å². The summed E-state index contributed by atoms with van der Waals surface area (Å²) in [4.78, 5) is 23.7. The maximum absolute atomic E-state index is 12.2. The van der Waals surface area contributed by atoms with E-state index in [-0.39, 0.29) is 16.8 Å². The van der Waals surface area contributed by atoms with E-state index in [4.69, 9.17) is 5.11 Å². The van der Waals surface area contributed by atoms with Crippen LogP contribution in [0.15, 0.2) is 36.4 Å². The average molecular weight is 299 g/mol. The third-order valence-corrected chi connectivity index (χ3v) is 5.45. The second-order valence-corrected chi connectivity index (χ2v) is 6.64. The van der Waals surface area contributed by atoms with Crippen molar-refractivity contribution < 1.29 is 14.7 Å². The van der Waals surface area contributed by atoms with Crippen LogP contribution in [0.4, 0.5) is 0 Å². The number of benzene rings is 1. The van der Waals surface area contributed by atoms with Crippen LogP contribution in [0.5, 0.6) is 0 Å². The van der Waals surface area contributed by atoms with Crippen molar-refractivity contribution in [3.8, 4) is 0 Å². The molecule has 2 aliphatic carbocycles. The number of nitrogens with one attached hydrogen (secondary N) is 1. The topological polar surface area (TPSA) is 66.4 Å². The Hall–Kier alpha value is -2.14. The van der Waals surface area contributed by atoms with Gasteiger partial charge in [0.15, 0.2) is 0 Å². The highest BCUT2D eigenvalue weighted by Gasteiger charge is 2.56. The minimum atomic E-state index is -0.990. The van der Waals surface area contributed by atoms with Crippen LogP contribution in [0.2, 0.25) is 0 Å². The number of fused-ring (bicyclic) bond motifs is 3. The zero-order valence-electron chi connectivity index (χ0n) is 11.1. The minimum Gasteiger partial charge on any atom is -0.477 e. The number of carboxylic acids is 1. The molecule has 1 amide bonds. The van der Waals surface area contributed by atoms with E-state index in [9.17, 15) is 9.59 Å². The van der Waals surface area contributed by atoms with Crippen LogP contribution in [0.25, 0.3) is 0 Å². The fraction of sp³-hybridized carbons (Fsp3) is 0.250. The lowest BCUT2D eigenvalue weighted by Crippen LogP contribution is -2.28. The molecule has 0 aliphatic heterocycles. The van der Waals surface area contributed by atoms with E-state index in [1.165, 1.54) is 17.2 Å². The highest BCUT2D eigenvalue weighted by Crippen LogP contribution is 2.56. The first kappa shape index (κ1) is 12.6. The molecule has 5 heteroatoms. The van der Waals surface area contributed by atoms with E-state index in [0.29, 0.717) is 16.7 Å². The molecule has 106 valence electrons. The molecule has 2 aliphatic rings. The summed E-state index contributed by atoms with van der Waals surface area (Å²) in [5, 5.41) is 11.9. The summed E-state index contributed by atoms with van der Waals surface area (Å²) in [6.45, 7) is 0. The number of amides is 1. The molecule has 0 saturated heterocycles. The van der Waals surface area contributed by atoms with Crippen LogP contribution in [0.1, 0.15) is 36.4 Å². The van der Waals surface area contributed by atoms with Gasteiger partial charge in [-0.05, 0) is 35.6 Å². The molecule has 2 aromatic rings. The van der Waals surface area contributed by atoms with Crippen LogP contribution in [-0.2, 0) is 6.42 Å². The Morgan fingerprint density at radius 2 is 1.90 bits per heavy atom. The third-order valence-electron chi connectivity index (χ3n) is 4.38. The second-order valence-electron chi connectivity index (χ2n) is 5.56. The van der Waals surface area contributed by atoms with Crippen molar-refractivity contribution in [1.82, 2.24) is 5.32 Å². The summed E-state index contributed by atoms with van der Waals surface area (Å²) in [6, 6.07) is 11.6. The number of rotatable bonds is 3. The van der Waals surface area contributed by atoms with Gasteiger partial charge in [-0.2, -0.15) is 0 Å². The van der Waals surface area contributed by atoms with E-state index in [1.807, 2.05) is 6.07 Å². The van der Waals surface area contributed by atoms with Gasteiger partial charge in [-0.1, -0.05) is 24.3 Å². The first-order chi connectivity index (χ1) is 10.1. The van der Waals surface area contributed by atoms with Gasteiger partial charge in [-0.3, -0.25) is 4.79 Å². The number of carbonyl (C=O) groups is 2. The van der Waals surface area contributed by atoms with Gasteiger partial charge in [0, 0.05) is 12.0 Å². The van der Waals surface area contributed by atoms with Gasteiger partial charge in [0.2, 0.25) is 0 Å². The van der Waals surface area contributed by atoms with Crippen LogP contribution in [0, 0.1) is 5.92 Å². The molecule has 0 bridgehead atoms. The molecule has 1 fully saturated rings.